The van der Waals surface area contributed by atoms with Gasteiger partial charge in [-0.2, -0.15) is 4.98 Å². The zero-order valence-electron chi connectivity index (χ0n) is 18.7. The van der Waals surface area contributed by atoms with Crippen LogP contribution in [-0.4, -0.2) is 60.3 Å². The smallest absolute Gasteiger partial charge is 0.236 e. The first kappa shape index (κ1) is 21.4. The van der Waals surface area contributed by atoms with Crippen LogP contribution in [0.1, 0.15) is 45.1 Å². The van der Waals surface area contributed by atoms with Gasteiger partial charge in [0, 0.05) is 43.0 Å². The predicted molar refractivity (Wildman–Crippen MR) is 126 cm³/mol. The second-order valence-electron chi connectivity index (χ2n) is 9.60. The topological polar surface area (TPSA) is 103 Å². The second kappa shape index (κ2) is 8.15. The van der Waals surface area contributed by atoms with Gasteiger partial charge in [-0.05, 0) is 45.2 Å². The summed E-state index contributed by atoms with van der Waals surface area (Å²) in [6.07, 6.45) is 7.95. The first-order chi connectivity index (χ1) is 15.3. The molecule has 2 aliphatic heterocycles. The normalized spacial score (nSPS) is 22.6. The molecule has 0 atom stereocenters. The van der Waals surface area contributed by atoms with Gasteiger partial charge in [-0.1, -0.05) is 12.8 Å². The first-order valence-corrected chi connectivity index (χ1v) is 13.0. The number of anilines is 4. The number of pyridine rings is 1. The van der Waals surface area contributed by atoms with Crippen molar-refractivity contribution in [2.45, 2.75) is 57.5 Å². The van der Waals surface area contributed by atoms with E-state index in [1.165, 1.54) is 0 Å². The van der Waals surface area contributed by atoms with E-state index in [4.69, 9.17) is 0 Å². The van der Waals surface area contributed by atoms with E-state index in [2.05, 4.69) is 44.3 Å². The molecular weight excluding hydrogens is 426 g/mol. The Kier molecular flexibility index (Phi) is 5.45. The maximum Gasteiger partial charge on any atom is 0.236 e. The third-order valence-corrected chi connectivity index (χ3v) is 8.35. The molecule has 0 unspecified atom stereocenters. The van der Waals surface area contributed by atoms with Crippen LogP contribution in [0.3, 0.4) is 0 Å². The summed E-state index contributed by atoms with van der Waals surface area (Å²) in [6.45, 7) is 7.20. The summed E-state index contributed by atoms with van der Waals surface area (Å²) in [6, 6.07) is 3.96. The first-order valence-electron chi connectivity index (χ1n) is 11.4. The molecule has 0 aromatic carbocycles. The molecule has 0 bridgehead atoms. The number of hydrogen-bond acceptors (Lipinski definition) is 8. The number of sulfonamides is 1. The summed E-state index contributed by atoms with van der Waals surface area (Å²) in [7, 11) is -3.35. The number of piperazine rings is 1. The van der Waals surface area contributed by atoms with E-state index in [1.807, 2.05) is 18.3 Å². The molecule has 2 N–H and O–H groups in total. The highest BCUT2D eigenvalue weighted by molar-refractivity contribution is 7.92. The molecule has 10 heteroatoms. The molecule has 2 fully saturated rings. The van der Waals surface area contributed by atoms with Crippen LogP contribution in [0.15, 0.2) is 24.5 Å². The van der Waals surface area contributed by atoms with Crippen molar-refractivity contribution in [1.82, 2.24) is 20.3 Å². The third kappa shape index (κ3) is 4.25. The summed E-state index contributed by atoms with van der Waals surface area (Å²) in [5.74, 6) is 1.65. The summed E-state index contributed by atoms with van der Waals surface area (Å²) in [4.78, 5) is 15.9. The van der Waals surface area contributed by atoms with Gasteiger partial charge in [-0.15, -0.1) is 0 Å². The average molecular weight is 458 g/mol. The Hall–Kier alpha value is -2.46. The average Bonchev–Trinajstić information content (AvgIpc) is 3.27. The zero-order valence-corrected chi connectivity index (χ0v) is 19.5. The van der Waals surface area contributed by atoms with Crippen molar-refractivity contribution in [1.29, 1.82) is 0 Å². The van der Waals surface area contributed by atoms with E-state index < -0.39 is 10.0 Å². The van der Waals surface area contributed by atoms with Crippen molar-refractivity contribution in [3.8, 4) is 0 Å². The summed E-state index contributed by atoms with van der Waals surface area (Å²) >= 11 is 0. The van der Waals surface area contributed by atoms with E-state index in [1.54, 1.807) is 10.5 Å². The van der Waals surface area contributed by atoms with Gasteiger partial charge >= 0.3 is 0 Å². The summed E-state index contributed by atoms with van der Waals surface area (Å²) in [5, 5.41) is 6.67. The third-order valence-electron chi connectivity index (χ3n) is 6.56. The highest BCUT2D eigenvalue weighted by atomic mass is 32.2. The quantitative estimate of drug-likeness (QED) is 0.722. The maximum absolute atomic E-state index is 12.9. The summed E-state index contributed by atoms with van der Waals surface area (Å²) in [5.41, 5.74) is 2.04. The van der Waals surface area contributed by atoms with Crippen LogP contribution in [0.2, 0.25) is 0 Å². The molecule has 0 radical (unpaired) electrons. The van der Waals surface area contributed by atoms with E-state index in [9.17, 15) is 8.42 Å². The van der Waals surface area contributed by atoms with Crippen LogP contribution in [0.4, 0.5) is 23.3 Å². The van der Waals surface area contributed by atoms with Gasteiger partial charge in [-0.3, -0.25) is 4.31 Å². The number of nitrogens with one attached hydrogen (secondary N) is 2. The molecule has 0 spiro atoms. The maximum atomic E-state index is 12.9. The lowest BCUT2D eigenvalue weighted by Gasteiger charge is -2.40. The Morgan fingerprint density at radius 1 is 1.16 bits per heavy atom. The van der Waals surface area contributed by atoms with Crippen LogP contribution < -0.4 is 19.8 Å². The number of rotatable bonds is 4. The SMILES string of the molecule is CC1(C)CN(c2ccc(Nc3ncc4c(n3)N(C3CCCC3)S(=O)(=O)CC4)nc2)CCN1. The Bertz CT molecular complexity index is 1080. The minimum Gasteiger partial charge on any atom is -0.367 e. The van der Waals surface area contributed by atoms with Crippen molar-refractivity contribution < 1.29 is 8.42 Å². The molecule has 172 valence electrons. The number of aromatic nitrogens is 3. The van der Waals surface area contributed by atoms with Gasteiger partial charge in [0.25, 0.3) is 0 Å². The number of nitrogens with zero attached hydrogens (tertiary/aromatic N) is 5. The summed E-state index contributed by atoms with van der Waals surface area (Å²) < 4.78 is 27.3. The van der Waals surface area contributed by atoms with Gasteiger partial charge in [0.05, 0.1) is 17.6 Å². The molecule has 2 aromatic heterocycles. The van der Waals surface area contributed by atoms with Crippen molar-refractivity contribution in [3.05, 3.63) is 30.1 Å². The zero-order chi connectivity index (χ0) is 22.3. The molecule has 1 aliphatic carbocycles. The second-order valence-corrected chi connectivity index (χ2v) is 11.6. The van der Waals surface area contributed by atoms with Crippen LogP contribution >= 0.6 is 0 Å². The van der Waals surface area contributed by atoms with Gasteiger partial charge in [0.1, 0.15) is 5.82 Å². The number of hydrogen-bond donors (Lipinski definition) is 2. The Morgan fingerprint density at radius 2 is 1.97 bits per heavy atom. The number of aryl methyl sites for hydroxylation is 1. The minimum absolute atomic E-state index is 0.00231. The highest BCUT2D eigenvalue weighted by Crippen LogP contribution is 2.35. The Labute approximate surface area is 189 Å². The fourth-order valence-electron chi connectivity index (χ4n) is 4.96. The van der Waals surface area contributed by atoms with Crippen LogP contribution in [0.25, 0.3) is 0 Å². The van der Waals surface area contributed by atoms with Gasteiger partial charge in [-0.25, -0.2) is 18.4 Å². The van der Waals surface area contributed by atoms with Crippen LogP contribution in [-0.2, 0) is 16.4 Å². The van der Waals surface area contributed by atoms with Gasteiger partial charge in [0.15, 0.2) is 5.82 Å². The lowest BCUT2D eigenvalue weighted by atomic mass is 10.0. The predicted octanol–water partition coefficient (Wildman–Crippen LogP) is 2.44. The van der Waals surface area contributed by atoms with Crippen molar-refractivity contribution in [2.24, 2.45) is 0 Å². The molecule has 9 nitrogen and oxygen atoms in total. The van der Waals surface area contributed by atoms with Crippen LogP contribution in [0, 0.1) is 0 Å². The molecule has 32 heavy (non-hydrogen) atoms. The Balaban J connectivity index is 1.36. The molecule has 0 amide bonds. The largest absolute Gasteiger partial charge is 0.367 e. The van der Waals surface area contributed by atoms with Gasteiger partial charge < -0.3 is 15.5 Å². The minimum atomic E-state index is -3.35. The monoisotopic (exact) mass is 457 g/mol. The van der Waals surface area contributed by atoms with E-state index in [-0.39, 0.29) is 17.3 Å². The fourth-order valence-corrected chi connectivity index (χ4v) is 6.72. The molecule has 1 saturated carbocycles. The van der Waals surface area contributed by atoms with E-state index in [0.29, 0.717) is 24.0 Å². The molecule has 3 aliphatic rings. The van der Waals surface area contributed by atoms with E-state index >= 15 is 0 Å². The van der Waals surface area contributed by atoms with Crippen molar-refractivity contribution in [3.63, 3.8) is 0 Å². The lowest BCUT2D eigenvalue weighted by Crippen LogP contribution is -2.57. The fraction of sp³-hybridized carbons (Fsp3) is 0.591. The molecule has 1 saturated heterocycles. The molecule has 4 heterocycles. The molecular formula is C22H31N7O2S. The van der Waals surface area contributed by atoms with Crippen molar-refractivity contribution in [2.75, 3.05) is 39.9 Å². The number of fused-ring (bicyclic) bond motifs is 1. The molecule has 5 rings (SSSR count). The van der Waals surface area contributed by atoms with Crippen LogP contribution in [0.5, 0.6) is 0 Å². The van der Waals surface area contributed by atoms with E-state index in [0.717, 1.165) is 56.6 Å². The lowest BCUT2D eigenvalue weighted by molar-refractivity contribution is 0.353. The van der Waals surface area contributed by atoms with Gasteiger partial charge in [0.2, 0.25) is 16.0 Å². The highest BCUT2D eigenvalue weighted by Gasteiger charge is 2.38. The standard InChI is InChI=1S/C22H31N7O2S/c1-22(2)15-28(11-10-25-22)18-7-8-19(23-14-18)26-21-24-13-16-9-12-32(30,31)29(20(16)27-21)17-5-3-4-6-17/h7-8,13-14,17,25H,3-6,9-12,15H2,1-2H3,(H,23,24,26,27). The Morgan fingerprint density at radius 3 is 2.69 bits per heavy atom. The van der Waals surface area contributed by atoms with Crippen molar-refractivity contribution >= 4 is 33.3 Å². The molecule has 2 aromatic rings.